The van der Waals surface area contributed by atoms with Gasteiger partial charge in [-0.05, 0) is 19.2 Å². The first-order valence-electron chi connectivity index (χ1n) is 6.39. The van der Waals surface area contributed by atoms with Gasteiger partial charge >= 0.3 is 5.97 Å². The number of rotatable bonds is 8. The van der Waals surface area contributed by atoms with Gasteiger partial charge in [-0.2, -0.15) is 0 Å². The first-order valence-corrected chi connectivity index (χ1v) is 6.39. The van der Waals surface area contributed by atoms with Crippen LogP contribution in [-0.2, 0) is 4.79 Å². The topological polar surface area (TPSA) is 160 Å². The van der Waals surface area contributed by atoms with E-state index >= 15 is 0 Å². The summed E-state index contributed by atoms with van der Waals surface area (Å²) in [6.45, 7) is -0.0431. The number of benzene rings is 1. The van der Waals surface area contributed by atoms with Crippen molar-refractivity contribution in [3.63, 3.8) is 0 Å². The number of nitrogens with one attached hydrogen (secondary N) is 3. The molecular weight excluding hydrogens is 308 g/mol. The molecule has 0 atom stereocenters. The van der Waals surface area contributed by atoms with E-state index in [1.165, 1.54) is 0 Å². The summed E-state index contributed by atoms with van der Waals surface area (Å²) < 4.78 is 4.68. The second-order valence-electron chi connectivity index (χ2n) is 4.16. The molecule has 0 aliphatic rings. The Balaban J connectivity index is 3.42. The largest absolute Gasteiger partial charge is 0.478 e. The summed E-state index contributed by atoms with van der Waals surface area (Å²) in [6.07, 6.45) is 0. The lowest BCUT2D eigenvalue weighted by Gasteiger charge is -2.13. The Kier molecular flexibility index (Phi) is 6.65. The average Bonchev–Trinajstić information content (AvgIpc) is 2.52. The minimum absolute atomic E-state index is 0.0647. The Bertz CT molecular complexity index is 631. The molecule has 1 aromatic rings. The van der Waals surface area contributed by atoms with Crippen LogP contribution in [0, 0.1) is 0 Å². The third-order valence-electron chi connectivity index (χ3n) is 2.70. The quantitative estimate of drug-likeness (QED) is 0.284. The highest BCUT2D eigenvalue weighted by atomic mass is 16.5. The molecule has 0 aliphatic heterocycles. The molecule has 0 radical (unpaired) electrons. The van der Waals surface area contributed by atoms with Gasteiger partial charge in [-0.3, -0.25) is 14.4 Å². The average molecular weight is 324 g/mol. The maximum Gasteiger partial charge on any atom is 0.336 e. The number of carbonyl (C=O) groups is 4. The van der Waals surface area contributed by atoms with Gasteiger partial charge in [0.25, 0.3) is 18.3 Å². The van der Waals surface area contributed by atoms with Crippen molar-refractivity contribution >= 4 is 24.3 Å². The van der Waals surface area contributed by atoms with Crippen LogP contribution in [0.1, 0.15) is 31.1 Å². The fourth-order valence-corrected chi connectivity index (χ4v) is 1.72. The van der Waals surface area contributed by atoms with Crippen LogP contribution in [0.5, 0.6) is 5.75 Å². The SMILES string of the molecule is CNCNC(=O)c1cc(C(=O)O)c(C(=O)NCN)cc1OC=O. The van der Waals surface area contributed by atoms with Crippen molar-refractivity contribution in [3.05, 3.63) is 28.8 Å². The second-order valence-corrected chi connectivity index (χ2v) is 4.16. The number of carbonyl (C=O) groups excluding carboxylic acids is 3. The van der Waals surface area contributed by atoms with E-state index in [0.717, 1.165) is 12.1 Å². The Labute approximate surface area is 131 Å². The van der Waals surface area contributed by atoms with Crippen LogP contribution in [0.4, 0.5) is 0 Å². The highest BCUT2D eigenvalue weighted by molar-refractivity contribution is 6.08. The van der Waals surface area contributed by atoms with Crippen molar-refractivity contribution in [2.75, 3.05) is 20.4 Å². The number of carboxylic acid groups (broad SMARTS) is 1. The molecule has 0 aromatic heterocycles. The Hall–Kier alpha value is -2.98. The molecule has 124 valence electrons. The number of ether oxygens (including phenoxy) is 1. The maximum atomic E-state index is 12.0. The molecule has 0 saturated carbocycles. The minimum atomic E-state index is -1.42. The van der Waals surface area contributed by atoms with Gasteiger partial charge in [0.2, 0.25) is 0 Å². The second kappa shape index (κ2) is 8.46. The number of hydrogen-bond acceptors (Lipinski definition) is 7. The molecule has 10 heteroatoms. The van der Waals surface area contributed by atoms with Crippen LogP contribution < -0.4 is 26.4 Å². The number of nitrogens with two attached hydrogens (primary N) is 1. The van der Waals surface area contributed by atoms with Crippen LogP contribution in [0.15, 0.2) is 12.1 Å². The molecule has 0 aliphatic carbocycles. The van der Waals surface area contributed by atoms with Gasteiger partial charge in [-0.1, -0.05) is 0 Å². The predicted octanol–water partition coefficient (Wildman–Crippen LogP) is -1.53. The Morgan fingerprint density at radius 1 is 1.17 bits per heavy atom. The zero-order chi connectivity index (χ0) is 17.4. The van der Waals surface area contributed by atoms with Crippen molar-refractivity contribution in [1.82, 2.24) is 16.0 Å². The Morgan fingerprint density at radius 3 is 2.35 bits per heavy atom. The fourth-order valence-electron chi connectivity index (χ4n) is 1.72. The number of carboxylic acids is 1. The van der Waals surface area contributed by atoms with E-state index in [1.807, 2.05) is 0 Å². The standard InChI is InChI=1S/C13H16N4O6/c1-15-5-17-12(20)9-2-8(13(21)22)7(11(19)16-4-14)3-10(9)23-6-18/h2-3,6,15H,4-5,14H2,1H3,(H,16,19)(H,17,20)(H,21,22). The molecule has 0 unspecified atom stereocenters. The van der Waals surface area contributed by atoms with Gasteiger partial charge < -0.3 is 31.5 Å². The zero-order valence-electron chi connectivity index (χ0n) is 12.2. The molecule has 0 heterocycles. The van der Waals surface area contributed by atoms with Crippen molar-refractivity contribution in [3.8, 4) is 5.75 Å². The number of aromatic carboxylic acids is 1. The maximum absolute atomic E-state index is 12.0. The lowest BCUT2D eigenvalue weighted by molar-refractivity contribution is -0.120. The van der Waals surface area contributed by atoms with Crippen LogP contribution in [-0.4, -0.2) is 49.7 Å². The summed E-state index contributed by atoms with van der Waals surface area (Å²) in [6, 6.07) is 1.95. The number of amides is 2. The fraction of sp³-hybridized carbons (Fsp3) is 0.231. The van der Waals surface area contributed by atoms with Crippen molar-refractivity contribution in [2.24, 2.45) is 5.73 Å². The van der Waals surface area contributed by atoms with E-state index in [0.29, 0.717) is 0 Å². The molecule has 1 aromatic carbocycles. The molecule has 0 bridgehead atoms. The van der Waals surface area contributed by atoms with E-state index < -0.39 is 23.3 Å². The van der Waals surface area contributed by atoms with E-state index in [-0.39, 0.29) is 36.7 Å². The van der Waals surface area contributed by atoms with Crippen molar-refractivity contribution in [2.45, 2.75) is 0 Å². The van der Waals surface area contributed by atoms with Crippen molar-refractivity contribution < 1.29 is 29.0 Å². The van der Waals surface area contributed by atoms with Gasteiger partial charge in [0.1, 0.15) is 5.75 Å². The minimum Gasteiger partial charge on any atom is -0.478 e. The normalized spacial score (nSPS) is 9.83. The van der Waals surface area contributed by atoms with Gasteiger partial charge in [-0.25, -0.2) is 4.79 Å². The lowest BCUT2D eigenvalue weighted by atomic mass is 10.0. The van der Waals surface area contributed by atoms with Crippen LogP contribution >= 0.6 is 0 Å². The molecule has 0 fully saturated rings. The van der Waals surface area contributed by atoms with Crippen molar-refractivity contribution in [1.29, 1.82) is 0 Å². The van der Waals surface area contributed by atoms with Crippen LogP contribution in [0.3, 0.4) is 0 Å². The molecule has 6 N–H and O–H groups in total. The first kappa shape index (κ1) is 18.1. The Morgan fingerprint density at radius 2 is 1.83 bits per heavy atom. The third kappa shape index (κ3) is 4.49. The van der Waals surface area contributed by atoms with E-state index in [9.17, 15) is 24.3 Å². The smallest absolute Gasteiger partial charge is 0.336 e. The molecule has 0 spiro atoms. The molecule has 0 saturated heterocycles. The summed E-state index contributed by atoms with van der Waals surface area (Å²) in [5, 5.41) is 16.5. The first-order chi connectivity index (χ1) is 11.0. The molecule has 10 nitrogen and oxygen atoms in total. The predicted molar refractivity (Wildman–Crippen MR) is 78.0 cm³/mol. The van der Waals surface area contributed by atoms with Gasteiger partial charge in [0.15, 0.2) is 0 Å². The van der Waals surface area contributed by atoms with Gasteiger partial charge in [0, 0.05) is 0 Å². The highest BCUT2D eigenvalue weighted by Crippen LogP contribution is 2.24. The summed E-state index contributed by atoms with van der Waals surface area (Å²) in [7, 11) is 1.59. The monoisotopic (exact) mass is 324 g/mol. The highest BCUT2D eigenvalue weighted by Gasteiger charge is 2.23. The summed E-state index contributed by atoms with van der Waals surface area (Å²) >= 11 is 0. The van der Waals surface area contributed by atoms with E-state index in [2.05, 4.69) is 20.7 Å². The molecule has 23 heavy (non-hydrogen) atoms. The van der Waals surface area contributed by atoms with Gasteiger partial charge in [-0.15, -0.1) is 0 Å². The molecular formula is C13H16N4O6. The zero-order valence-corrected chi connectivity index (χ0v) is 12.2. The molecule has 2 amide bonds. The number of hydrogen-bond donors (Lipinski definition) is 5. The summed E-state index contributed by atoms with van der Waals surface area (Å²) in [4.78, 5) is 45.8. The lowest BCUT2D eigenvalue weighted by Crippen LogP contribution is -2.33. The summed E-state index contributed by atoms with van der Waals surface area (Å²) in [5.74, 6) is -3.12. The van der Waals surface area contributed by atoms with E-state index in [4.69, 9.17) is 5.73 Å². The van der Waals surface area contributed by atoms with Crippen LogP contribution in [0.25, 0.3) is 0 Å². The third-order valence-corrected chi connectivity index (χ3v) is 2.70. The van der Waals surface area contributed by atoms with E-state index in [1.54, 1.807) is 7.05 Å². The van der Waals surface area contributed by atoms with Gasteiger partial charge in [0.05, 0.1) is 30.0 Å². The molecule has 1 rings (SSSR count). The summed E-state index contributed by atoms with van der Waals surface area (Å²) in [5.41, 5.74) is 4.27. The van der Waals surface area contributed by atoms with Crippen LogP contribution in [0.2, 0.25) is 0 Å².